The first kappa shape index (κ1) is 25.4. The molecule has 36 heavy (non-hydrogen) atoms. The summed E-state index contributed by atoms with van der Waals surface area (Å²) in [4.78, 5) is 28.1. The maximum atomic E-state index is 15.4. The third-order valence-corrected chi connectivity index (χ3v) is 6.87. The van der Waals surface area contributed by atoms with Gasteiger partial charge < -0.3 is 9.80 Å². The van der Waals surface area contributed by atoms with Crippen molar-refractivity contribution in [3.05, 3.63) is 89.8 Å². The molecule has 186 valence electrons. The Labute approximate surface area is 213 Å². The molecule has 3 aromatic rings. The highest BCUT2D eigenvalue weighted by Gasteiger charge is 2.28. The molecule has 4 rings (SSSR count). The highest BCUT2D eigenvalue weighted by molar-refractivity contribution is 5.95. The van der Waals surface area contributed by atoms with Crippen molar-refractivity contribution >= 4 is 29.6 Å². The van der Waals surface area contributed by atoms with Crippen molar-refractivity contribution in [1.82, 2.24) is 0 Å². The van der Waals surface area contributed by atoms with Crippen LogP contribution in [0.25, 0.3) is 17.2 Å². The lowest BCUT2D eigenvalue weighted by molar-refractivity contribution is -0.123. The minimum Gasteiger partial charge on any atom is -0.378 e. The van der Waals surface area contributed by atoms with Crippen LogP contribution < -0.4 is 9.80 Å². The number of rotatable bonds is 8. The summed E-state index contributed by atoms with van der Waals surface area (Å²) in [7, 11) is 3.97. The van der Waals surface area contributed by atoms with Gasteiger partial charge in [0.15, 0.2) is 0 Å². The smallest absolute Gasteiger partial charge is 0.230 e. The number of benzene rings is 3. The van der Waals surface area contributed by atoms with Gasteiger partial charge in [-0.1, -0.05) is 61.7 Å². The second-order valence-electron chi connectivity index (χ2n) is 9.60. The monoisotopic (exact) mass is 484 g/mol. The van der Waals surface area contributed by atoms with Crippen LogP contribution in [0.1, 0.15) is 43.2 Å². The highest BCUT2D eigenvalue weighted by Crippen LogP contribution is 2.31. The SMILES string of the molecule is CN(C)c1ccc(-c2ccc(CN(C(=O)C3CCCCC3)c3cccc(/C=C/C=O)c3)c(F)c2)cc1. The summed E-state index contributed by atoms with van der Waals surface area (Å²) >= 11 is 0. The quantitative estimate of drug-likeness (QED) is 0.258. The Morgan fingerprint density at radius 1 is 0.917 bits per heavy atom. The normalized spacial score (nSPS) is 14.1. The average molecular weight is 485 g/mol. The Balaban J connectivity index is 1.63. The summed E-state index contributed by atoms with van der Waals surface area (Å²) < 4.78 is 15.4. The number of hydrogen-bond acceptors (Lipinski definition) is 3. The van der Waals surface area contributed by atoms with Crippen LogP contribution in [0.3, 0.4) is 0 Å². The zero-order valence-electron chi connectivity index (χ0n) is 21.0. The lowest BCUT2D eigenvalue weighted by Gasteiger charge is -2.30. The molecule has 4 nitrogen and oxygen atoms in total. The number of amides is 1. The van der Waals surface area contributed by atoms with Gasteiger partial charge >= 0.3 is 0 Å². The predicted molar refractivity (Wildman–Crippen MR) is 145 cm³/mol. The lowest BCUT2D eigenvalue weighted by atomic mass is 9.88. The zero-order chi connectivity index (χ0) is 25.5. The molecule has 0 unspecified atom stereocenters. The van der Waals surface area contributed by atoms with E-state index in [9.17, 15) is 9.59 Å². The third-order valence-electron chi connectivity index (χ3n) is 6.87. The number of halogens is 1. The van der Waals surface area contributed by atoms with Gasteiger partial charge in [-0.25, -0.2) is 4.39 Å². The Morgan fingerprint density at radius 3 is 2.31 bits per heavy atom. The number of aldehydes is 1. The van der Waals surface area contributed by atoms with Crippen LogP contribution in [0.4, 0.5) is 15.8 Å². The number of carbonyl (C=O) groups excluding carboxylic acids is 2. The van der Waals surface area contributed by atoms with Crippen molar-refractivity contribution in [3.63, 3.8) is 0 Å². The number of allylic oxidation sites excluding steroid dienone is 1. The van der Waals surface area contributed by atoms with Crippen molar-refractivity contribution in [1.29, 1.82) is 0 Å². The van der Waals surface area contributed by atoms with Crippen molar-refractivity contribution in [2.24, 2.45) is 5.92 Å². The van der Waals surface area contributed by atoms with Crippen LogP contribution in [0.2, 0.25) is 0 Å². The lowest BCUT2D eigenvalue weighted by Crippen LogP contribution is -2.37. The maximum absolute atomic E-state index is 15.4. The molecule has 1 saturated carbocycles. The van der Waals surface area contributed by atoms with E-state index in [1.165, 1.54) is 6.08 Å². The second-order valence-corrected chi connectivity index (χ2v) is 9.60. The topological polar surface area (TPSA) is 40.6 Å². The molecular weight excluding hydrogens is 451 g/mol. The largest absolute Gasteiger partial charge is 0.378 e. The number of nitrogens with zero attached hydrogens (tertiary/aromatic N) is 2. The van der Waals surface area contributed by atoms with Crippen LogP contribution >= 0.6 is 0 Å². The van der Waals surface area contributed by atoms with Gasteiger partial charge in [-0.15, -0.1) is 0 Å². The van der Waals surface area contributed by atoms with E-state index in [4.69, 9.17) is 0 Å². The molecule has 0 aliphatic heterocycles. The van der Waals surface area contributed by atoms with E-state index in [2.05, 4.69) is 0 Å². The van der Waals surface area contributed by atoms with Gasteiger partial charge in [-0.2, -0.15) is 0 Å². The molecule has 1 amide bonds. The van der Waals surface area contributed by atoms with Gasteiger partial charge in [-0.3, -0.25) is 9.59 Å². The highest BCUT2D eigenvalue weighted by atomic mass is 19.1. The van der Waals surface area contributed by atoms with Crippen LogP contribution in [-0.4, -0.2) is 26.3 Å². The van der Waals surface area contributed by atoms with Gasteiger partial charge in [0.2, 0.25) is 5.91 Å². The molecule has 1 fully saturated rings. The van der Waals surface area contributed by atoms with Crippen LogP contribution in [0, 0.1) is 11.7 Å². The van der Waals surface area contributed by atoms with Crippen molar-refractivity contribution in [2.45, 2.75) is 38.6 Å². The molecule has 0 spiro atoms. The van der Waals surface area contributed by atoms with Gasteiger partial charge in [0.05, 0.1) is 6.54 Å². The summed E-state index contributed by atoms with van der Waals surface area (Å²) in [5.41, 5.74) is 4.82. The van der Waals surface area contributed by atoms with Crippen molar-refractivity contribution in [2.75, 3.05) is 23.9 Å². The molecule has 0 atom stereocenters. The molecule has 0 radical (unpaired) electrons. The summed E-state index contributed by atoms with van der Waals surface area (Å²) in [6.07, 6.45) is 8.83. The van der Waals surface area contributed by atoms with E-state index in [0.717, 1.165) is 60.8 Å². The van der Waals surface area contributed by atoms with Crippen molar-refractivity contribution < 1.29 is 14.0 Å². The van der Waals surface area contributed by atoms with Crippen molar-refractivity contribution in [3.8, 4) is 11.1 Å². The first-order valence-corrected chi connectivity index (χ1v) is 12.6. The summed E-state index contributed by atoms with van der Waals surface area (Å²) in [6.45, 7) is 0.155. The van der Waals surface area contributed by atoms with Crippen LogP contribution in [-0.2, 0) is 16.1 Å². The molecule has 0 N–H and O–H groups in total. The molecule has 5 heteroatoms. The van der Waals surface area contributed by atoms with Crippen LogP contribution in [0.5, 0.6) is 0 Å². The first-order chi connectivity index (χ1) is 17.5. The third kappa shape index (κ3) is 6.09. The van der Waals surface area contributed by atoms with Gasteiger partial charge in [0.1, 0.15) is 12.1 Å². The zero-order valence-corrected chi connectivity index (χ0v) is 21.0. The van der Waals surface area contributed by atoms with E-state index in [-0.39, 0.29) is 24.2 Å². The number of carbonyl (C=O) groups is 2. The Morgan fingerprint density at radius 2 is 1.64 bits per heavy atom. The standard InChI is InChI=1S/C31H33FN2O2/c1-33(2)28-17-15-24(16-18-28)26-13-14-27(30(32)21-26)22-34(31(36)25-10-4-3-5-11-25)29-12-6-8-23(20-29)9-7-19-35/h6-9,12-21,25H,3-5,10-11,22H2,1-2H3/b9-7+. The average Bonchev–Trinajstić information content (AvgIpc) is 2.91. The molecule has 0 aromatic heterocycles. The second kappa shape index (κ2) is 11.8. The fourth-order valence-corrected chi connectivity index (χ4v) is 4.79. The Hall–Kier alpha value is -3.73. The van der Waals surface area contributed by atoms with E-state index in [1.54, 1.807) is 23.1 Å². The van der Waals surface area contributed by atoms with Crippen LogP contribution in [0.15, 0.2) is 72.8 Å². The van der Waals surface area contributed by atoms with E-state index in [1.807, 2.05) is 73.6 Å². The predicted octanol–water partition coefficient (Wildman–Crippen LogP) is 6.88. The minimum atomic E-state index is -0.331. The Bertz CT molecular complexity index is 1230. The summed E-state index contributed by atoms with van der Waals surface area (Å²) in [6, 6.07) is 20.7. The summed E-state index contributed by atoms with van der Waals surface area (Å²) in [5.74, 6) is -0.345. The van der Waals surface area contributed by atoms with E-state index >= 15 is 4.39 Å². The van der Waals surface area contributed by atoms with E-state index < -0.39 is 0 Å². The van der Waals surface area contributed by atoms with E-state index in [0.29, 0.717) is 11.3 Å². The fourth-order valence-electron chi connectivity index (χ4n) is 4.79. The molecule has 0 saturated heterocycles. The maximum Gasteiger partial charge on any atom is 0.230 e. The number of hydrogen-bond donors (Lipinski definition) is 0. The van der Waals surface area contributed by atoms with Gasteiger partial charge in [-0.05, 0) is 65.9 Å². The number of anilines is 2. The molecular formula is C31H33FN2O2. The first-order valence-electron chi connectivity index (χ1n) is 12.6. The summed E-state index contributed by atoms with van der Waals surface area (Å²) in [5, 5.41) is 0. The molecule has 1 aliphatic carbocycles. The molecule has 0 heterocycles. The molecule has 1 aliphatic rings. The minimum absolute atomic E-state index is 0.0361. The van der Waals surface area contributed by atoms with Gasteiger partial charge in [0, 0.05) is 37.0 Å². The molecule has 0 bridgehead atoms. The molecule has 3 aromatic carbocycles. The van der Waals surface area contributed by atoms with Gasteiger partial charge in [0.25, 0.3) is 0 Å². The Kier molecular flexibility index (Phi) is 8.32. The fraction of sp³-hybridized carbons (Fsp3) is 0.290.